The Bertz CT molecular complexity index is 577. The van der Waals surface area contributed by atoms with Crippen molar-refractivity contribution in [3.63, 3.8) is 0 Å². The molecule has 4 N–H and O–H groups in total. The molecule has 1 aromatic rings. The van der Waals surface area contributed by atoms with Crippen molar-refractivity contribution >= 4 is 21.6 Å². The second-order valence-electron chi connectivity index (χ2n) is 5.24. The van der Waals surface area contributed by atoms with E-state index in [0.29, 0.717) is 6.42 Å². The zero-order valence-electron chi connectivity index (χ0n) is 11.9. The molecule has 7 heteroatoms. The lowest BCUT2D eigenvalue weighted by Gasteiger charge is -2.18. The molecule has 0 aliphatic carbocycles. The summed E-state index contributed by atoms with van der Waals surface area (Å²) in [5.74, 6) is -0.262. The largest absolute Gasteiger partial charge is 0.326 e. The Kier molecular flexibility index (Phi) is 5.27. The van der Waals surface area contributed by atoms with Crippen molar-refractivity contribution in [3.05, 3.63) is 24.3 Å². The van der Waals surface area contributed by atoms with Crippen LogP contribution in [0.25, 0.3) is 0 Å². The lowest BCUT2D eigenvalue weighted by molar-refractivity contribution is -0.116. The van der Waals surface area contributed by atoms with Gasteiger partial charge in [0, 0.05) is 12.0 Å². The summed E-state index contributed by atoms with van der Waals surface area (Å²) in [5, 5.41) is 2.61. The van der Waals surface area contributed by atoms with E-state index in [-0.39, 0.29) is 22.9 Å². The minimum Gasteiger partial charge on any atom is -0.326 e. The van der Waals surface area contributed by atoms with Crippen LogP contribution in [0.3, 0.4) is 0 Å². The van der Waals surface area contributed by atoms with Crippen molar-refractivity contribution in [2.75, 3.05) is 12.4 Å². The van der Waals surface area contributed by atoms with Gasteiger partial charge in [0.1, 0.15) is 4.90 Å². The first-order valence-corrected chi connectivity index (χ1v) is 7.75. The molecule has 6 nitrogen and oxygen atoms in total. The first-order valence-electron chi connectivity index (χ1n) is 6.27. The monoisotopic (exact) mass is 299 g/mol. The van der Waals surface area contributed by atoms with Gasteiger partial charge in [0.2, 0.25) is 15.9 Å². The van der Waals surface area contributed by atoms with Crippen LogP contribution in [0.15, 0.2) is 29.2 Å². The maximum absolute atomic E-state index is 11.8. The Labute approximate surface area is 119 Å². The van der Waals surface area contributed by atoms with Gasteiger partial charge >= 0.3 is 0 Å². The van der Waals surface area contributed by atoms with E-state index in [9.17, 15) is 13.2 Å². The van der Waals surface area contributed by atoms with Gasteiger partial charge in [0.15, 0.2) is 0 Å². The zero-order valence-corrected chi connectivity index (χ0v) is 12.8. The number of benzene rings is 1. The predicted octanol–water partition coefficient (Wildman–Crippen LogP) is 1.05. The summed E-state index contributed by atoms with van der Waals surface area (Å²) in [5.41, 5.74) is 5.64. The molecular formula is C13H21N3O3S. The summed E-state index contributed by atoms with van der Waals surface area (Å²) in [4.78, 5) is 11.9. The highest BCUT2D eigenvalue weighted by Crippen LogP contribution is 2.21. The van der Waals surface area contributed by atoms with Crippen LogP contribution < -0.4 is 15.8 Å². The Morgan fingerprint density at radius 3 is 2.45 bits per heavy atom. The lowest BCUT2D eigenvalue weighted by Crippen LogP contribution is -2.33. The van der Waals surface area contributed by atoms with Crippen LogP contribution in [0.5, 0.6) is 0 Å². The van der Waals surface area contributed by atoms with Crippen LogP contribution in [-0.2, 0) is 14.8 Å². The molecule has 1 amide bonds. The molecule has 0 heterocycles. The van der Waals surface area contributed by atoms with E-state index in [1.165, 1.54) is 13.1 Å². The SMILES string of the molecule is CNS(=O)(=O)c1ccccc1NC(=O)CCC(C)(C)N. The Hall–Kier alpha value is -1.44. The Morgan fingerprint density at radius 1 is 1.30 bits per heavy atom. The lowest BCUT2D eigenvalue weighted by atomic mass is 10.00. The number of nitrogens with one attached hydrogen (secondary N) is 2. The van der Waals surface area contributed by atoms with Crippen molar-refractivity contribution in [1.82, 2.24) is 4.72 Å². The van der Waals surface area contributed by atoms with Gasteiger partial charge in [0.25, 0.3) is 0 Å². The maximum atomic E-state index is 11.8. The first-order chi connectivity index (χ1) is 9.15. The van der Waals surface area contributed by atoms with E-state index >= 15 is 0 Å². The quantitative estimate of drug-likeness (QED) is 0.730. The van der Waals surface area contributed by atoms with Crippen LogP contribution in [0.1, 0.15) is 26.7 Å². The van der Waals surface area contributed by atoms with Crippen molar-refractivity contribution in [3.8, 4) is 0 Å². The van der Waals surface area contributed by atoms with Gasteiger partial charge < -0.3 is 11.1 Å². The van der Waals surface area contributed by atoms with Crippen molar-refractivity contribution in [2.24, 2.45) is 5.73 Å². The van der Waals surface area contributed by atoms with Gasteiger partial charge in [-0.25, -0.2) is 13.1 Å². The van der Waals surface area contributed by atoms with Crippen LogP contribution in [0.2, 0.25) is 0 Å². The number of carbonyl (C=O) groups is 1. The average molecular weight is 299 g/mol. The fourth-order valence-corrected chi connectivity index (χ4v) is 2.45. The first kappa shape index (κ1) is 16.6. The summed E-state index contributed by atoms with van der Waals surface area (Å²) in [6.45, 7) is 3.67. The average Bonchev–Trinajstić information content (AvgIpc) is 2.36. The molecule has 0 fully saturated rings. The van der Waals surface area contributed by atoms with Gasteiger partial charge in [0.05, 0.1) is 5.69 Å². The fraction of sp³-hybridized carbons (Fsp3) is 0.462. The molecule has 20 heavy (non-hydrogen) atoms. The van der Waals surface area contributed by atoms with Crippen LogP contribution in [0.4, 0.5) is 5.69 Å². The molecule has 0 saturated carbocycles. The maximum Gasteiger partial charge on any atom is 0.242 e. The molecule has 0 unspecified atom stereocenters. The van der Waals surface area contributed by atoms with Crippen LogP contribution >= 0.6 is 0 Å². The molecular weight excluding hydrogens is 278 g/mol. The highest BCUT2D eigenvalue weighted by Gasteiger charge is 2.18. The highest BCUT2D eigenvalue weighted by atomic mass is 32.2. The molecule has 0 radical (unpaired) electrons. The van der Waals surface area contributed by atoms with E-state index in [2.05, 4.69) is 10.0 Å². The predicted molar refractivity (Wildman–Crippen MR) is 78.8 cm³/mol. The number of carbonyl (C=O) groups excluding carboxylic acids is 1. The second kappa shape index (κ2) is 6.34. The van der Waals surface area contributed by atoms with E-state index in [1.807, 2.05) is 13.8 Å². The van der Waals surface area contributed by atoms with Gasteiger partial charge in [-0.05, 0) is 39.4 Å². The molecule has 0 saturated heterocycles. The standard InChI is InChI=1S/C13H21N3O3S/c1-13(2,14)9-8-12(17)16-10-6-4-5-7-11(10)20(18,19)15-3/h4-7,15H,8-9,14H2,1-3H3,(H,16,17). The summed E-state index contributed by atoms with van der Waals surface area (Å²) in [7, 11) is -2.28. The third-order valence-corrected chi connectivity index (χ3v) is 4.19. The summed E-state index contributed by atoms with van der Waals surface area (Å²) in [6, 6.07) is 6.25. The Balaban J connectivity index is 2.86. The van der Waals surface area contributed by atoms with E-state index in [4.69, 9.17) is 5.73 Å². The number of hydrogen-bond acceptors (Lipinski definition) is 4. The summed E-state index contributed by atoms with van der Waals surface area (Å²) >= 11 is 0. The third-order valence-electron chi connectivity index (χ3n) is 2.72. The number of rotatable bonds is 6. The van der Waals surface area contributed by atoms with Crippen LogP contribution in [-0.4, -0.2) is 26.9 Å². The van der Waals surface area contributed by atoms with Crippen molar-refractivity contribution in [1.29, 1.82) is 0 Å². The minimum absolute atomic E-state index is 0.0443. The summed E-state index contributed by atoms with van der Waals surface area (Å²) in [6.07, 6.45) is 0.747. The summed E-state index contributed by atoms with van der Waals surface area (Å²) < 4.78 is 25.9. The normalized spacial score (nSPS) is 12.2. The third kappa shape index (κ3) is 4.92. The number of nitrogens with two attached hydrogens (primary N) is 1. The number of anilines is 1. The van der Waals surface area contributed by atoms with Gasteiger partial charge in [-0.1, -0.05) is 12.1 Å². The molecule has 0 spiro atoms. The fourth-order valence-electron chi connectivity index (χ4n) is 1.56. The highest BCUT2D eigenvalue weighted by molar-refractivity contribution is 7.89. The van der Waals surface area contributed by atoms with E-state index < -0.39 is 15.6 Å². The molecule has 1 aromatic carbocycles. The van der Waals surface area contributed by atoms with Gasteiger partial charge in [-0.3, -0.25) is 4.79 Å². The Morgan fingerprint density at radius 2 is 1.90 bits per heavy atom. The molecule has 1 rings (SSSR count). The van der Waals surface area contributed by atoms with Crippen molar-refractivity contribution in [2.45, 2.75) is 37.1 Å². The number of hydrogen-bond donors (Lipinski definition) is 3. The number of sulfonamides is 1. The zero-order chi connectivity index (χ0) is 15.4. The van der Waals surface area contributed by atoms with Crippen LogP contribution in [0, 0.1) is 0 Å². The molecule has 0 aliphatic rings. The van der Waals surface area contributed by atoms with Gasteiger partial charge in [-0.2, -0.15) is 0 Å². The minimum atomic E-state index is -3.61. The molecule has 0 atom stereocenters. The van der Waals surface area contributed by atoms with E-state index in [1.54, 1.807) is 18.2 Å². The second-order valence-corrected chi connectivity index (χ2v) is 7.10. The number of para-hydroxylation sites is 1. The number of amides is 1. The topological polar surface area (TPSA) is 101 Å². The van der Waals surface area contributed by atoms with Gasteiger partial charge in [-0.15, -0.1) is 0 Å². The molecule has 112 valence electrons. The molecule has 0 aliphatic heterocycles. The van der Waals surface area contributed by atoms with Crippen molar-refractivity contribution < 1.29 is 13.2 Å². The molecule has 0 aromatic heterocycles. The smallest absolute Gasteiger partial charge is 0.242 e. The molecule has 0 bridgehead atoms. The van der Waals surface area contributed by atoms with E-state index in [0.717, 1.165) is 0 Å².